The van der Waals surface area contributed by atoms with Crippen LogP contribution in [0.15, 0.2) is 54.1 Å². The monoisotopic (exact) mass is 452 g/mol. The number of ether oxygens (including phenoxy) is 1. The highest BCUT2D eigenvalue weighted by atomic mass is 32.1. The standard InChI is InChI=1S/C24H21FN2O4S/c1-4-31-18-11-7-15(8-12-18)20-19(21(28)16-5-9-17(25)10-6-16)22(29)23(30)27(20)24-26-13(2)14(3)32-24/h5-12,20,28H,4H2,1-3H3/b21-19+/t20-/m1/s1. The van der Waals surface area contributed by atoms with Crippen LogP contribution in [-0.2, 0) is 9.59 Å². The highest BCUT2D eigenvalue weighted by molar-refractivity contribution is 7.16. The second-order valence-corrected chi connectivity index (χ2v) is 8.50. The first kappa shape index (κ1) is 21.7. The number of aryl methyl sites for hydroxylation is 2. The fourth-order valence-electron chi connectivity index (χ4n) is 3.58. The molecule has 1 aromatic heterocycles. The number of aliphatic hydroxyl groups excluding tert-OH is 1. The third-order valence-corrected chi connectivity index (χ3v) is 6.36. The van der Waals surface area contributed by atoms with Crippen LogP contribution in [0.25, 0.3) is 5.76 Å². The van der Waals surface area contributed by atoms with Crippen molar-refractivity contribution in [2.24, 2.45) is 0 Å². The number of anilines is 1. The van der Waals surface area contributed by atoms with Gasteiger partial charge < -0.3 is 9.84 Å². The van der Waals surface area contributed by atoms with E-state index in [2.05, 4.69) is 4.98 Å². The molecule has 0 unspecified atom stereocenters. The Morgan fingerprint density at radius 1 is 1.12 bits per heavy atom. The van der Waals surface area contributed by atoms with Crippen LogP contribution in [0.4, 0.5) is 9.52 Å². The smallest absolute Gasteiger partial charge is 0.301 e. The Hall–Kier alpha value is -3.52. The molecule has 164 valence electrons. The summed E-state index contributed by atoms with van der Waals surface area (Å²) in [6.45, 7) is 6.09. The molecule has 1 fully saturated rings. The van der Waals surface area contributed by atoms with Gasteiger partial charge in [-0.05, 0) is 62.7 Å². The van der Waals surface area contributed by atoms with Crippen molar-refractivity contribution in [1.82, 2.24) is 4.98 Å². The number of nitrogens with zero attached hydrogens (tertiary/aromatic N) is 2. The molecule has 8 heteroatoms. The second-order valence-electron chi connectivity index (χ2n) is 7.32. The Morgan fingerprint density at radius 2 is 1.78 bits per heavy atom. The van der Waals surface area contributed by atoms with Crippen LogP contribution in [0, 0.1) is 19.7 Å². The molecule has 0 saturated carbocycles. The van der Waals surface area contributed by atoms with Crippen molar-refractivity contribution < 1.29 is 23.8 Å². The predicted molar refractivity (Wildman–Crippen MR) is 120 cm³/mol. The first-order chi connectivity index (χ1) is 15.3. The lowest BCUT2D eigenvalue weighted by Gasteiger charge is -2.23. The van der Waals surface area contributed by atoms with E-state index in [0.29, 0.717) is 23.1 Å². The van der Waals surface area contributed by atoms with E-state index < -0.39 is 23.5 Å². The molecule has 0 bridgehead atoms. The van der Waals surface area contributed by atoms with Crippen molar-refractivity contribution in [3.8, 4) is 5.75 Å². The summed E-state index contributed by atoms with van der Waals surface area (Å²) in [7, 11) is 0. The number of carbonyl (C=O) groups is 2. The van der Waals surface area contributed by atoms with Crippen molar-refractivity contribution in [3.63, 3.8) is 0 Å². The van der Waals surface area contributed by atoms with Crippen molar-refractivity contribution in [3.05, 3.63) is 81.6 Å². The molecular weight excluding hydrogens is 431 g/mol. The number of Topliss-reactive ketones (excluding diaryl/α,β-unsaturated/α-hetero) is 1. The average molecular weight is 453 g/mol. The first-order valence-electron chi connectivity index (χ1n) is 10.1. The van der Waals surface area contributed by atoms with Gasteiger partial charge in [0.2, 0.25) is 0 Å². The minimum Gasteiger partial charge on any atom is -0.507 e. The average Bonchev–Trinajstić information content (AvgIpc) is 3.24. The minimum absolute atomic E-state index is 0.0729. The summed E-state index contributed by atoms with van der Waals surface area (Å²) in [6, 6.07) is 11.2. The third-order valence-electron chi connectivity index (χ3n) is 5.29. The SMILES string of the molecule is CCOc1ccc([C@@H]2/C(=C(\O)c3ccc(F)cc3)C(=O)C(=O)N2c2nc(C)c(C)s2)cc1. The van der Waals surface area contributed by atoms with Crippen molar-refractivity contribution in [2.75, 3.05) is 11.5 Å². The molecule has 1 aliphatic rings. The fraction of sp³-hybridized carbons (Fsp3) is 0.208. The van der Waals surface area contributed by atoms with E-state index in [1.54, 1.807) is 24.3 Å². The van der Waals surface area contributed by atoms with Gasteiger partial charge in [-0.3, -0.25) is 14.5 Å². The molecule has 4 rings (SSSR count). The molecule has 3 aromatic rings. The van der Waals surface area contributed by atoms with E-state index in [-0.39, 0.29) is 16.9 Å². The Labute approximate surface area is 188 Å². The molecule has 1 atom stereocenters. The highest BCUT2D eigenvalue weighted by Crippen LogP contribution is 2.44. The van der Waals surface area contributed by atoms with Crippen LogP contribution in [0.5, 0.6) is 5.75 Å². The maximum Gasteiger partial charge on any atom is 0.301 e. The number of rotatable bonds is 5. The van der Waals surface area contributed by atoms with Gasteiger partial charge in [-0.1, -0.05) is 12.1 Å². The summed E-state index contributed by atoms with van der Waals surface area (Å²) < 4.78 is 18.9. The summed E-state index contributed by atoms with van der Waals surface area (Å²) in [6.07, 6.45) is 0. The Morgan fingerprint density at radius 3 is 2.34 bits per heavy atom. The molecule has 2 aromatic carbocycles. The first-order valence-corrected chi connectivity index (χ1v) is 10.9. The zero-order valence-electron chi connectivity index (χ0n) is 17.8. The molecule has 1 aliphatic heterocycles. The van der Waals surface area contributed by atoms with E-state index in [4.69, 9.17) is 4.74 Å². The number of hydrogen-bond donors (Lipinski definition) is 1. The number of benzene rings is 2. The molecular formula is C24H21FN2O4S. The third kappa shape index (κ3) is 3.78. The van der Waals surface area contributed by atoms with Crippen LogP contribution in [0.3, 0.4) is 0 Å². The van der Waals surface area contributed by atoms with Gasteiger partial charge in [-0.15, -0.1) is 11.3 Å². The normalized spacial score (nSPS) is 17.8. The molecule has 0 radical (unpaired) electrons. The summed E-state index contributed by atoms with van der Waals surface area (Å²) in [4.78, 5) is 32.9. The van der Waals surface area contributed by atoms with Gasteiger partial charge in [0.1, 0.15) is 17.3 Å². The highest BCUT2D eigenvalue weighted by Gasteiger charge is 2.48. The number of ketones is 1. The van der Waals surface area contributed by atoms with E-state index in [9.17, 15) is 19.1 Å². The summed E-state index contributed by atoms with van der Waals surface area (Å²) in [5.74, 6) is -1.79. The summed E-state index contributed by atoms with van der Waals surface area (Å²) in [5, 5.41) is 11.4. The summed E-state index contributed by atoms with van der Waals surface area (Å²) >= 11 is 1.30. The lowest BCUT2D eigenvalue weighted by atomic mass is 9.95. The van der Waals surface area contributed by atoms with E-state index in [1.165, 1.54) is 40.5 Å². The number of aromatic nitrogens is 1. The van der Waals surface area contributed by atoms with Crippen molar-refractivity contribution in [1.29, 1.82) is 0 Å². The van der Waals surface area contributed by atoms with Gasteiger partial charge in [0.05, 0.1) is 23.9 Å². The number of hydrogen-bond acceptors (Lipinski definition) is 6. The van der Waals surface area contributed by atoms with Crippen molar-refractivity contribution >= 4 is 33.9 Å². The molecule has 32 heavy (non-hydrogen) atoms. The maximum atomic E-state index is 13.4. The van der Waals surface area contributed by atoms with Gasteiger partial charge in [0.25, 0.3) is 5.78 Å². The molecule has 0 spiro atoms. The number of carbonyl (C=O) groups excluding carboxylic acids is 2. The van der Waals surface area contributed by atoms with E-state index >= 15 is 0 Å². The molecule has 1 N–H and O–H groups in total. The molecule has 1 amide bonds. The molecule has 0 aliphatic carbocycles. The zero-order chi connectivity index (χ0) is 23.0. The van der Waals surface area contributed by atoms with Gasteiger partial charge in [-0.2, -0.15) is 0 Å². The van der Waals surface area contributed by atoms with Gasteiger partial charge in [-0.25, -0.2) is 9.37 Å². The molecule has 2 heterocycles. The second kappa shape index (κ2) is 8.55. The number of amides is 1. The Kier molecular flexibility index (Phi) is 5.80. The van der Waals surface area contributed by atoms with Gasteiger partial charge >= 0.3 is 5.91 Å². The van der Waals surface area contributed by atoms with Gasteiger partial charge in [0.15, 0.2) is 5.13 Å². The minimum atomic E-state index is -0.888. The summed E-state index contributed by atoms with van der Waals surface area (Å²) in [5.41, 5.74) is 1.54. The Bertz CT molecular complexity index is 1200. The maximum absolute atomic E-state index is 13.4. The van der Waals surface area contributed by atoms with Crippen LogP contribution in [-0.4, -0.2) is 28.4 Å². The van der Waals surface area contributed by atoms with E-state index in [0.717, 1.165) is 10.6 Å². The Balaban J connectivity index is 1.90. The topological polar surface area (TPSA) is 79.7 Å². The number of aliphatic hydroxyl groups is 1. The quantitative estimate of drug-likeness (QED) is 0.338. The molecule has 6 nitrogen and oxygen atoms in total. The predicted octanol–water partition coefficient (Wildman–Crippen LogP) is 4.92. The largest absolute Gasteiger partial charge is 0.507 e. The van der Waals surface area contributed by atoms with Crippen LogP contribution < -0.4 is 9.64 Å². The zero-order valence-corrected chi connectivity index (χ0v) is 18.6. The van der Waals surface area contributed by atoms with Crippen LogP contribution in [0.2, 0.25) is 0 Å². The number of thiazole rings is 1. The van der Waals surface area contributed by atoms with Crippen LogP contribution >= 0.6 is 11.3 Å². The fourth-order valence-corrected chi connectivity index (χ4v) is 4.52. The van der Waals surface area contributed by atoms with E-state index in [1.807, 2.05) is 20.8 Å². The van der Waals surface area contributed by atoms with Gasteiger partial charge in [0, 0.05) is 10.4 Å². The lowest BCUT2D eigenvalue weighted by molar-refractivity contribution is -0.132. The van der Waals surface area contributed by atoms with Crippen LogP contribution in [0.1, 0.15) is 34.7 Å². The number of halogens is 1. The lowest BCUT2D eigenvalue weighted by Crippen LogP contribution is -2.29. The molecule has 1 saturated heterocycles. The van der Waals surface area contributed by atoms with Crippen molar-refractivity contribution in [2.45, 2.75) is 26.8 Å².